The molecule has 1 aromatic heterocycles. The van der Waals surface area contributed by atoms with Crippen LogP contribution in [-0.4, -0.2) is 12.0 Å². The summed E-state index contributed by atoms with van der Waals surface area (Å²) in [5.74, 6) is 0. The molecule has 13 heavy (non-hydrogen) atoms. The van der Waals surface area contributed by atoms with Crippen LogP contribution in [0.3, 0.4) is 0 Å². The molecule has 0 aliphatic rings. The molecule has 0 aliphatic carbocycles. The van der Waals surface area contributed by atoms with Gasteiger partial charge in [-0.15, -0.1) is 0 Å². The van der Waals surface area contributed by atoms with E-state index in [4.69, 9.17) is 0 Å². The average Bonchev–Trinajstić information content (AvgIpc) is 1.82. The quantitative estimate of drug-likeness (QED) is 0.593. The third-order valence-corrected chi connectivity index (χ3v) is 1.41. The van der Waals surface area contributed by atoms with Crippen molar-refractivity contribution >= 4 is 6.98 Å². The number of halogens is 3. The first-order valence-corrected chi connectivity index (χ1v) is 3.60. The van der Waals surface area contributed by atoms with Crippen LogP contribution in [0.4, 0.5) is 12.9 Å². The number of nitrogens with zero attached hydrogens (tertiary/aromatic N) is 1. The van der Waals surface area contributed by atoms with Crippen molar-refractivity contribution < 1.29 is 64.3 Å². The van der Waals surface area contributed by atoms with E-state index < -0.39 is 13.3 Å². The van der Waals surface area contributed by atoms with Crippen LogP contribution in [0.15, 0.2) is 18.3 Å². The van der Waals surface area contributed by atoms with Crippen molar-refractivity contribution in [3.63, 3.8) is 0 Å². The number of rotatable bonds is 2. The van der Waals surface area contributed by atoms with Gasteiger partial charge < -0.3 is 12.9 Å². The summed E-state index contributed by atoms with van der Waals surface area (Å²) < 4.78 is 35.7. The van der Waals surface area contributed by atoms with Crippen molar-refractivity contribution in [2.75, 3.05) is 0 Å². The number of aryl methyl sites for hydroxylation is 1. The Labute approximate surface area is 118 Å². The minimum absolute atomic E-state index is 0. The molecule has 6 heteroatoms. The largest absolute Gasteiger partial charge is 1.00 e. The number of hydrogen-bond donors (Lipinski definition) is 0. The molecule has 0 fully saturated rings. The van der Waals surface area contributed by atoms with Gasteiger partial charge in [0.05, 0.1) is 0 Å². The molecule has 1 aromatic rings. The van der Waals surface area contributed by atoms with E-state index in [0.29, 0.717) is 0 Å². The fourth-order valence-electron chi connectivity index (χ4n) is 0.948. The zero-order chi connectivity index (χ0) is 9.19. The SMILES string of the molecule is Cc1ccnc(C[B-](F)(F)F)c1.[K+]. The first kappa shape index (κ1) is 13.6. The second kappa shape index (κ2) is 5.50. The zero-order valence-electron chi connectivity index (χ0n) is 7.60. The van der Waals surface area contributed by atoms with Crippen LogP contribution in [0.5, 0.6) is 0 Å². The van der Waals surface area contributed by atoms with Gasteiger partial charge in [-0.1, -0.05) is 0 Å². The molecule has 0 radical (unpaired) electrons. The molecule has 0 saturated carbocycles. The Morgan fingerprint density at radius 1 is 1.38 bits per heavy atom. The van der Waals surface area contributed by atoms with Crippen molar-refractivity contribution in [3.8, 4) is 0 Å². The number of pyridine rings is 1. The molecule has 0 spiro atoms. The van der Waals surface area contributed by atoms with E-state index in [1.54, 1.807) is 13.0 Å². The van der Waals surface area contributed by atoms with Gasteiger partial charge in [0.2, 0.25) is 0 Å². The van der Waals surface area contributed by atoms with Gasteiger partial charge in [0, 0.05) is 11.9 Å². The molecule has 0 aliphatic heterocycles. The molecule has 1 heterocycles. The van der Waals surface area contributed by atoms with Gasteiger partial charge in [-0.25, -0.2) is 0 Å². The van der Waals surface area contributed by atoms with Gasteiger partial charge in [0.15, 0.2) is 0 Å². The van der Waals surface area contributed by atoms with Gasteiger partial charge in [-0.2, -0.15) is 0 Å². The maximum atomic E-state index is 11.9. The van der Waals surface area contributed by atoms with E-state index in [1.165, 1.54) is 12.3 Å². The summed E-state index contributed by atoms with van der Waals surface area (Å²) in [4.78, 5) is 3.62. The van der Waals surface area contributed by atoms with Crippen LogP contribution in [0.1, 0.15) is 11.3 Å². The molecule has 0 unspecified atom stereocenters. The summed E-state index contributed by atoms with van der Waals surface area (Å²) in [6.07, 6.45) is 0.508. The van der Waals surface area contributed by atoms with Gasteiger partial charge in [0.1, 0.15) is 0 Å². The van der Waals surface area contributed by atoms with Crippen molar-refractivity contribution in [3.05, 3.63) is 29.6 Å². The summed E-state index contributed by atoms with van der Waals surface area (Å²) in [7, 11) is 0. The predicted molar refractivity (Wildman–Crippen MR) is 41.8 cm³/mol. The fraction of sp³-hybridized carbons (Fsp3) is 0.286. The van der Waals surface area contributed by atoms with Gasteiger partial charge in [0.25, 0.3) is 0 Å². The molecular formula is C7H8BF3KN. The molecule has 1 rings (SSSR count). The van der Waals surface area contributed by atoms with Crippen LogP contribution in [0, 0.1) is 6.92 Å². The van der Waals surface area contributed by atoms with Crippen LogP contribution in [0.2, 0.25) is 0 Å². The minimum atomic E-state index is -4.76. The molecule has 1 nitrogen and oxygen atoms in total. The molecule has 0 atom stereocenters. The Kier molecular flexibility index (Phi) is 5.78. The maximum absolute atomic E-state index is 11.9. The van der Waals surface area contributed by atoms with E-state index >= 15 is 0 Å². The smallest absolute Gasteiger partial charge is 0.449 e. The van der Waals surface area contributed by atoms with E-state index in [1.807, 2.05) is 0 Å². The first-order chi connectivity index (χ1) is 5.47. The standard InChI is InChI=1S/C7H8BF3N.K/c1-6-2-3-12-7(4-6)5-8(9,10)11;/h2-4H,5H2,1H3;/q-1;+1. The summed E-state index contributed by atoms with van der Waals surface area (Å²) in [5.41, 5.74) is 0.905. The monoisotopic (exact) mass is 213 g/mol. The van der Waals surface area contributed by atoms with E-state index in [9.17, 15) is 12.9 Å². The molecule has 0 N–H and O–H groups in total. The molecular weight excluding hydrogens is 205 g/mol. The Morgan fingerprint density at radius 3 is 2.46 bits per heavy atom. The van der Waals surface area contributed by atoms with Gasteiger partial charge in [-0.3, -0.25) is 4.98 Å². The second-order valence-corrected chi connectivity index (χ2v) is 2.74. The van der Waals surface area contributed by atoms with Crippen molar-refractivity contribution in [1.29, 1.82) is 0 Å². The van der Waals surface area contributed by atoms with Crippen molar-refractivity contribution in [2.24, 2.45) is 0 Å². The number of hydrogen-bond acceptors (Lipinski definition) is 1. The van der Waals surface area contributed by atoms with Crippen molar-refractivity contribution in [1.82, 2.24) is 4.98 Å². The Hall–Kier alpha value is 0.641. The topological polar surface area (TPSA) is 12.9 Å². The summed E-state index contributed by atoms with van der Waals surface area (Å²) in [6, 6.07) is 3.13. The van der Waals surface area contributed by atoms with Crippen LogP contribution < -0.4 is 51.4 Å². The third-order valence-electron chi connectivity index (χ3n) is 1.41. The summed E-state index contributed by atoms with van der Waals surface area (Å²) in [5, 5.41) is 0. The Morgan fingerprint density at radius 2 is 2.00 bits per heavy atom. The summed E-state index contributed by atoms with van der Waals surface area (Å²) >= 11 is 0. The van der Waals surface area contributed by atoms with Gasteiger partial charge >= 0.3 is 58.4 Å². The minimum Gasteiger partial charge on any atom is -0.449 e. The Balaban J connectivity index is 0.00000144. The molecule has 0 amide bonds. The summed E-state index contributed by atoms with van der Waals surface area (Å²) in [6.45, 7) is -3.01. The zero-order valence-corrected chi connectivity index (χ0v) is 10.7. The maximum Gasteiger partial charge on any atom is 1.00 e. The van der Waals surface area contributed by atoms with E-state index in [0.717, 1.165) is 5.56 Å². The van der Waals surface area contributed by atoms with E-state index in [2.05, 4.69) is 4.98 Å². The van der Waals surface area contributed by atoms with Gasteiger partial charge in [-0.05, 0) is 30.9 Å². The van der Waals surface area contributed by atoms with Crippen LogP contribution in [0.25, 0.3) is 0 Å². The molecule has 0 aromatic carbocycles. The van der Waals surface area contributed by atoms with E-state index in [-0.39, 0.29) is 57.1 Å². The van der Waals surface area contributed by atoms with Crippen LogP contribution >= 0.6 is 0 Å². The number of aromatic nitrogens is 1. The normalized spacial score (nSPS) is 10.8. The molecule has 0 saturated heterocycles. The fourth-order valence-corrected chi connectivity index (χ4v) is 0.948. The third kappa shape index (κ3) is 5.85. The van der Waals surface area contributed by atoms with Crippen molar-refractivity contribution in [2.45, 2.75) is 13.2 Å². The Bertz CT molecular complexity index is 277. The average molecular weight is 213 g/mol. The molecule has 66 valence electrons. The second-order valence-electron chi connectivity index (χ2n) is 2.74. The molecule has 0 bridgehead atoms. The predicted octanol–water partition coefficient (Wildman–Crippen LogP) is -0.677. The first-order valence-electron chi connectivity index (χ1n) is 3.60. The van der Waals surface area contributed by atoms with Crippen LogP contribution in [-0.2, 0) is 6.32 Å².